The molecule has 1 saturated carbocycles. The number of nitrogens with one attached hydrogen (secondary N) is 2. The molecule has 1 fully saturated rings. The largest absolute Gasteiger partial charge is 0.480 e. The molecule has 102 valence electrons. The van der Waals surface area contributed by atoms with E-state index < -0.39 is 17.5 Å². The van der Waals surface area contributed by atoms with E-state index in [1.54, 1.807) is 19.2 Å². The van der Waals surface area contributed by atoms with Gasteiger partial charge in [-0.3, -0.25) is 4.98 Å². The first kappa shape index (κ1) is 13.3. The zero-order valence-corrected chi connectivity index (χ0v) is 10.9. The molecular weight excluding hydrogens is 246 g/mol. The molecule has 0 radical (unpaired) electrons. The molecular formula is C13H17N3O3. The second-order valence-corrected chi connectivity index (χ2v) is 5.11. The number of anilines is 1. The van der Waals surface area contributed by atoms with Crippen LogP contribution in [0.3, 0.4) is 0 Å². The monoisotopic (exact) mass is 263 g/mol. The number of aryl methyl sites for hydroxylation is 1. The Morgan fingerprint density at radius 1 is 1.42 bits per heavy atom. The molecule has 6 nitrogen and oxygen atoms in total. The summed E-state index contributed by atoms with van der Waals surface area (Å²) in [6.07, 6.45) is 4.85. The molecule has 1 aromatic heterocycles. The third kappa shape index (κ3) is 3.01. The highest BCUT2D eigenvalue weighted by Crippen LogP contribution is 2.39. The topological polar surface area (TPSA) is 91.3 Å². The Morgan fingerprint density at radius 3 is 2.63 bits per heavy atom. The lowest BCUT2D eigenvalue weighted by atomic mass is 9.96. The SMILES string of the molecule is Cc1cncc(NC(=O)NC(C)(C(=O)O)C2CC2)c1. The molecule has 2 rings (SSSR count). The van der Waals surface area contributed by atoms with E-state index in [4.69, 9.17) is 0 Å². The number of hydrogen-bond donors (Lipinski definition) is 3. The van der Waals surface area contributed by atoms with Crippen molar-refractivity contribution in [1.82, 2.24) is 10.3 Å². The maximum Gasteiger partial charge on any atom is 0.329 e. The summed E-state index contributed by atoms with van der Waals surface area (Å²) in [7, 11) is 0. The Labute approximate surface area is 111 Å². The first-order valence-corrected chi connectivity index (χ1v) is 6.16. The minimum absolute atomic E-state index is 0.00591. The van der Waals surface area contributed by atoms with Gasteiger partial charge in [-0.15, -0.1) is 0 Å². The predicted molar refractivity (Wildman–Crippen MR) is 69.9 cm³/mol. The molecule has 1 atom stereocenters. The van der Waals surface area contributed by atoms with Crippen LogP contribution in [0, 0.1) is 12.8 Å². The number of rotatable bonds is 4. The van der Waals surface area contributed by atoms with E-state index in [-0.39, 0.29) is 5.92 Å². The van der Waals surface area contributed by atoms with Gasteiger partial charge >= 0.3 is 12.0 Å². The Hall–Kier alpha value is -2.11. The fourth-order valence-electron chi connectivity index (χ4n) is 2.01. The fraction of sp³-hybridized carbons (Fsp3) is 0.462. The summed E-state index contributed by atoms with van der Waals surface area (Å²) < 4.78 is 0. The summed E-state index contributed by atoms with van der Waals surface area (Å²) in [5.74, 6) is -1.00. The van der Waals surface area contributed by atoms with Gasteiger partial charge in [-0.05, 0) is 44.2 Å². The van der Waals surface area contributed by atoms with Gasteiger partial charge in [0.1, 0.15) is 5.54 Å². The maximum absolute atomic E-state index is 11.9. The molecule has 1 aliphatic carbocycles. The summed E-state index contributed by atoms with van der Waals surface area (Å²) in [5.41, 5.74) is 0.253. The van der Waals surface area contributed by atoms with Crippen LogP contribution in [0.5, 0.6) is 0 Å². The average molecular weight is 263 g/mol. The summed E-state index contributed by atoms with van der Waals surface area (Å²) >= 11 is 0. The molecule has 3 N–H and O–H groups in total. The molecule has 0 saturated heterocycles. The molecule has 0 bridgehead atoms. The summed E-state index contributed by atoms with van der Waals surface area (Å²) in [4.78, 5) is 27.1. The van der Waals surface area contributed by atoms with Gasteiger partial charge in [0.2, 0.25) is 0 Å². The highest BCUT2D eigenvalue weighted by Gasteiger charge is 2.48. The minimum Gasteiger partial charge on any atom is -0.480 e. The molecule has 1 aromatic rings. The van der Waals surface area contributed by atoms with E-state index in [2.05, 4.69) is 15.6 Å². The number of hydrogen-bond acceptors (Lipinski definition) is 3. The van der Waals surface area contributed by atoms with Gasteiger partial charge in [0.25, 0.3) is 0 Å². The first-order chi connectivity index (χ1) is 8.91. The number of carbonyl (C=O) groups is 2. The molecule has 0 aliphatic heterocycles. The highest BCUT2D eigenvalue weighted by molar-refractivity contribution is 5.94. The lowest BCUT2D eigenvalue weighted by Gasteiger charge is -2.26. The van der Waals surface area contributed by atoms with Crippen molar-refractivity contribution in [3.8, 4) is 0 Å². The van der Waals surface area contributed by atoms with Crippen LogP contribution in [-0.4, -0.2) is 27.6 Å². The zero-order chi connectivity index (χ0) is 14.0. The van der Waals surface area contributed by atoms with Crippen LogP contribution in [0.2, 0.25) is 0 Å². The number of carbonyl (C=O) groups excluding carboxylic acids is 1. The predicted octanol–water partition coefficient (Wildman–Crippen LogP) is 1.76. The van der Waals surface area contributed by atoms with Crippen LogP contribution in [-0.2, 0) is 4.79 Å². The number of pyridine rings is 1. The quantitative estimate of drug-likeness (QED) is 0.772. The summed E-state index contributed by atoms with van der Waals surface area (Å²) in [5, 5.41) is 14.4. The normalized spacial score (nSPS) is 17.4. The molecule has 2 amide bonds. The number of nitrogens with zero attached hydrogens (tertiary/aromatic N) is 1. The van der Waals surface area contributed by atoms with E-state index in [1.165, 1.54) is 6.20 Å². The van der Waals surface area contributed by atoms with Gasteiger partial charge in [0, 0.05) is 6.20 Å². The van der Waals surface area contributed by atoms with E-state index in [0.717, 1.165) is 18.4 Å². The van der Waals surface area contributed by atoms with Crippen LogP contribution >= 0.6 is 0 Å². The Kier molecular flexibility index (Phi) is 3.42. The van der Waals surface area contributed by atoms with Gasteiger partial charge in [-0.1, -0.05) is 0 Å². The van der Waals surface area contributed by atoms with Crippen molar-refractivity contribution in [3.05, 3.63) is 24.0 Å². The van der Waals surface area contributed by atoms with Crippen LogP contribution in [0.4, 0.5) is 10.5 Å². The summed E-state index contributed by atoms with van der Waals surface area (Å²) in [6, 6.07) is 1.24. The number of amides is 2. The lowest BCUT2D eigenvalue weighted by molar-refractivity contribution is -0.144. The Balaban J connectivity index is 2.02. The Morgan fingerprint density at radius 2 is 2.11 bits per heavy atom. The molecule has 6 heteroatoms. The van der Waals surface area contributed by atoms with Gasteiger partial charge < -0.3 is 15.7 Å². The van der Waals surface area contributed by atoms with E-state index in [0.29, 0.717) is 5.69 Å². The third-order valence-electron chi connectivity index (χ3n) is 3.34. The van der Waals surface area contributed by atoms with Crippen LogP contribution in [0.25, 0.3) is 0 Å². The van der Waals surface area contributed by atoms with Crippen molar-refractivity contribution in [2.45, 2.75) is 32.2 Å². The second-order valence-electron chi connectivity index (χ2n) is 5.11. The van der Waals surface area contributed by atoms with Gasteiger partial charge in [0.05, 0.1) is 11.9 Å². The number of urea groups is 1. The van der Waals surface area contributed by atoms with Crippen LogP contribution in [0.15, 0.2) is 18.5 Å². The number of aliphatic carboxylic acids is 1. The lowest BCUT2D eigenvalue weighted by Crippen LogP contribution is -2.55. The van der Waals surface area contributed by atoms with E-state index in [9.17, 15) is 14.7 Å². The highest BCUT2D eigenvalue weighted by atomic mass is 16.4. The third-order valence-corrected chi connectivity index (χ3v) is 3.34. The van der Waals surface area contributed by atoms with E-state index >= 15 is 0 Å². The van der Waals surface area contributed by atoms with E-state index in [1.807, 2.05) is 6.92 Å². The minimum atomic E-state index is -1.21. The van der Waals surface area contributed by atoms with Crippen molar-refractivity contribution >= 4 is 17.7 Å². The molecule has 1 unspecified atom stereocenters. The van der Waals surface area contributed by atoms with Crippen molar-refractivity contribution in [1.29, 1.82) is 0 Å². The van der Waals surface area contributed by atoms with Crippen molar-refractivity contribution < 1.29 is 14.7 Å². The molecule has 19 heavy (non-hydrogen) atoms. The van der Waals surface area contributed by atoms with Crippen molar-refractivity contribution in [3.63, 3.8) is 0 Å². The average Bonchev–Trinajstić information content (AvgIpc) is 3.12. The second kappa shape index (κ2) is 4.87. The number of aromatic nitrogens is 1. The first-order valence-electron chi connectivity index (χ1n) is 6.16. The fourth-order valence-corrected chi connectivity index (χ4v) is 2.01. The van der Waals surface area contributed by atoms with Crippen molar-refractivity contribution in [2.24, 2.45) is 5.92 Å². The maximum atomic E-state index is 11.9. The smallest absolute Gasteiger partial charge is 0.329 e. The molecule has 0 aromatic carbocycles. The zero-order valence-electron chi connectivity index (χ0n) is 10.9. The molecule has 0 spiro atoms. The van der Waals surface area contributed by atoms with Gasteiger partial charge in [-0.2, -0.15) is 0 Å². The van der Waals surface area contributed by atoms with Gasteiger partial charge in [-0.25, -0.2) is 9.59 Å². The van der Waals surface area contributed by atoms with Crippen molar-refractivity contribution in [2.75, 3.05) is 5.32 Å². The molecule has 1 aliphatic rings. The van der Waals surface area contributed by atoms with Crippen LogP contribution < -0.4 is 10.6 Å². The van der Waals surface area contributed by atoms with Crippen LogP contribution in [0.1, 0.15) is 25.3 Å². The van der Waals surface area contributed by atoms with Gasteiger partial charge in [0.15, 0.2) is 0 Å². The standard InChI is InChI=1S/C13H17N3O3/c1-8-5-10(7-14-6-8)15-12(19)16-13(2,11(17)18)9-3-4-9/h5-7,9H,3-4H2,1-2H3,(H,17,18)(H2,15,16,19). The Bertz CT molecular complexity index is 514. The molecule has 1 heterocycles. The number of carboxylic acids is 1. The summed E-state index contributed by atoms with van der Waals surface area (Å²) in [6.45, 7) is 3.41. The number of carboxylic acid groups (broad SMARTS) is 1.